The van der Waals surface area contributed by atoms with Crippen LogP contribution in [0.3, 0.4) is 0 Å². The number of rotatable bonds is 4. The number of carbonyl (C=O) groups excluding carboxylic acids is 1. The van der Waals surface area contributed by atoms with E-state index in [2.05, 4.69) is 32.0 Å². The van der Waals surface area contributed by atoms with Crippen LogP contribution in [0, 0.1) is 0 Å². The average molecular weight is 410 g/mol. The molecule has 1 saturated heterocycles. The van der Waals surface area contributed by atoms with Crippen LogP contribution < -0.4 is 4.90 Å². The minimum atomic E-state index is 0.210. The maximum atomic E-state index is 12.7. The Balaban J connectivity index is 1.19. The van der Waals surface area contributed by atoms with E-state index in [1.54, 1.807) is 29.0 Å². The van der Waals surface area contributed by atoms with Crippen LogP contribution in [0.15, 0.2) is 42.0 Å². The van der Waals surface area contributed by atoms with Crippen LogP contribution in [0.25, 0.3) is 20.4 Å². The first kappa shape index (κ1) is 17.5. The van der Waals surface area contributed by atoms with Crippen LogP contribution in [-0.4, -0.2) is 51.9 Å². The molecule has 0 spiro atoms. The van der Waals surface area contributed by atoms with Crippen LogP contribution >= 0.6 is 22.7 Å². The fourth-order valence-electron chi connectivity index (χ4n) is 3.60. The topological polar surface area (TPSA) is 62.2 Å². The maximum absolute atomic E-state index is 12.7. The van der Waals surface area contributed by atoms with Gasteiger partial charge < -0.3 is 9.80 Å². The molecular weight excluding hydrogens is 390 g/mol. The van der Waals surface area contributed by atoms with Gasteiger partial charge in [0, 0.05) is 39.0 Å². The number of anilines is 1. The van der Waals surface area contributed by atoms with Crippen molar-refractivity contribution in [3.63, 3.8) is 0 Å². The van der Waals surface area contributed by atoms with Crippen LogP contribution in [0.4, 0.5) is 5.82 Å². The Bertz CT molecular complexity index is 1100. The summed E-state index contributed by atoms with van der Waals surface area (Å²) in [5, 5.41) is 4.18. The Labute approximate surface area is 170 Å². The Morgan fingerprint density at radius 1 is 1.07 bits per heavy atom. The number of para-hydroxylation sites is 1. The molecule has 4 aromatic rings. The van der Waals surface area contributed by atoms with Crippen molar-refractivity contribution < 1.29 is 4.79 Å². The highest BCUT2D eigenvalue weighted by molar-refractivity contribution is 7.18. The molecule has 28 heavy (non-hydrogen) atoms. The molecule has 0 aliphatic carbocycles. The van der Waals surface area contributed by atoms with E-state index < -0.39 is 0 Å². The molecule has 0 N–H and O–H groups in total. The predicted octanol–water partition coefficient (Wildman–Crippen LogP) is 3.58. The molecule has 0 unspecified atom stereocenters. The summed E-state index contributed by atoms with van der Waals surface area (Å²) in [4.78, 5) is 31.3. The number of aryl methyl sites for hydroxylation is 1. The van der Waals surface area contributed by atoms with E-state index in [1.165, 1.54) is 4.70 Å². The second-order valence-corrected chi connectivity index (χ2v) is 8.79. The normalized spacial score (nSPS) is 14.9. The molecule has 0 saturated carbocycles. The van der Waals surface area contributed by atoms with E-state index in [-0.39, 0.29) is 5.91 Å². The van der Waals surface area contributed by atoms with Crippen molar-refractivity contribution in [3.05, 3.63) is 47.0 Å². The first-order valence-corrected chi connectivity index (χ1v) is 11.0. The third-order valence-electron chi connectivity index (χ3n) is 5.06. The fraction of sp³-hybridized carbons (Fsp3) is 0.300. The summed E-state index contributed by atoms with van der Waals surface area (Å²) in [6, 6.07) is 10.2. The second-order valence-electron chi connectivity index (χ2n) is 6.78. The van der Waals surface area contributed by atoms with Crippen molar-refractivity contribution in [2.45, 2.75) is 12.8 Å². The number of hydrogen-bond donors (Lipinski definition) is 0. The lowest BCUT2D eigenvalue weighted by molar-refractivity contribution is -0.131. The molecule has 142 valence electrons. The monoisotopic (exact) mass is 409 g/mol. The number of carbonyl (C=O) groups is 1. The number of fused-ring (bicyclic) bond motifs is 2. The zero-order valence-corrected chi connectivity index (χ0v) is 16.9. The summed E-state index contributed by atoms with van der Waals surface area (Å²) < 4.78 is 1.18. The summed E-state index contributed by atoms with van der Waals surface area (Å²) in [6.07, 6.45) is 2.85. The number of thiazole rings is 1. The number of thiophene rings is 1. The van der Waals surface area contributed by atoms with Gasteiger partial charge in [-0.25, -0.2) is 15.0 Å². The molecule has 1 fully saturated rings. The SMILES string of the molecule is O=C(CCc1nc2ccccc2s1)N1CCN(c2ncnc3sccc23)CC1. The van der Waals surface area contributed by atoms with Gasteiger partial charge in [0.1, 0.15) is 17.0 Å². The lowest BCUT2D eigenvalue weighted by Crippen LogP contribution is -2.49. The van der Waals surface area contributed by atoms with Crippen LogP contribution in [0.1, 0.15) is 11.4 Å². The first-order valence-electron chi connectivity index (χ1n) is 9.33. The zero-order chi connectivity index (χ0) is 18.9. The molecule has 6 nitrogen and oxygen atoms in total. The standard InChI is InChI=1S/C20H19N5OS2/c26-18(6-5-17-23-15-3-1-2-4-16(15)28-17)24-8-10-25(11-9-24)19-14-7-12-27-20(14)22-13-21-19/h1-4,7,12-13H,5-6,8-11H2. The van der Waals surface area contributed by atoms with Crippen LogP contribution in [-0.2, 0) is 11.2 Å². The van der Waals surface area contributed by atoms with E-state index in [0.717, 1.165) is 52.7 Å². The van der Waals surface area contributed by atoms with Crippen molar-refractivity contribution in [3.8, 4) is 0 Å². The Kier molecular flexibility index (Phi) is 4.66. The fourth-order valence-corrected chi connectivity index (χ4v) is 5.29. The van der Waals surface area contributed by atoms with Gasteiger partial charge in [-0.05, 0) is 23.6 Å². The predicted molar refractivity (Wildman–Crippen MR) is 114 cm³/mol. The van der Waals surface area contributed by atoms with Gasteiger partial charge >= 0.3 is 0 Å². The molecule has 0 atom stereocenters. The van der Waals surface area contributed by atoms with Crippen molar-refractivity contribution in [1.29, 1.82) is 0 Å². The molecular formula is C20H19N5OS2. The number of nitrogens with zero attached hydrogens (tertiary/aromatic N) is 5. The third kappa shape index (κ3) is 3.33. The molecule has 1 aliphatic rings. The van der Waals surface area contributed by atoms with Gasteiger partial charge in [-0.1, -0.05) is 12.1 Å². The minimum absolute atomic E-state index is 0.210. The Hall–Kier alpha value is -2.58. The van der Waals surface area contributed by atoms with Gasteiger partial charge in [-0.3, -0.25) is 4.79 Å². The summed E-state index contributed by atoms with van der Waals surface area (Å²) >= 11 is 3.31. The lowest BCUT2D eigenvalue weighted by atomic mass is 10.2. The van der Waals surface area contributed by atoms with Crippen molar-refractivity contribution in [1.82, 2.24) is 19.9 Å². The molecule has 1 aliphatic heterocycles. The Morgan fingerprint density at radius 3 is 2.79 bits per heavy atom. The van der Waals surface area contributed by atoms with Gasteiger partial charge in [0.2, 0.25) is 5.91 Å². The summed E-state index contributed by atoms with van der Waals surface area (Å²) in [5.74, 6) is 1.19. The van der Waals surface area contributed by atoms with Gasteiger partial charge in [-0.15, -0.1) is 22.7 Å². The van der Waals surface area contributed by atoms with Crippen molar-refractivity contribution in [2.75, 3.05) is 31.1 Å². The van der Waals surface area contributed by atoms with Gasteiger partial charge in [0.25, 0.3) is 0 Å². The highest BCUT2D eigenvalue weighted by Gasteiger charge is 2.23. The number of piperazine rings is 1. The highest BCUT2D eigenvalue weighted by atomic mass is 32.1. The first-order chi connectivity index (χ1) is 13.8. The average Bonchev–Trinajstić information content (AvgIpc) is 3.38. The number of aromatic nitrogens is 3. The third-order valence-corrected chi connectivity index (χ3v) is 6.98. The largest absolute Gasteiger partial charge is 0.352 e. The lowest BCUT2D eigenvalue weighted by Gasteiger charge is -2.35. The van der Waals surface area contributed by atoms with E-state index >= 15 is 0 Å². The highest BCUT2D eigenvalue weighted by Crippen LogP contribution is 2.27. The van der Waals surface area contributed by atoms with Gasteiger partial charge in [0.05, 0.1) is 20.6 Å². The summed E-state index contributed by atoms with van der Waals surface area (Å²) in [5.41, 5.74) is 1.02. The molecule has 4 heterocycles. The summed E-state index contributed by atoms with van der Waals surface area (Å²) in [7, 11) is 0. The van der Waals surface area contributed by atoms with Crippen molar-refractivity contribution >= 4 is 54.8 Å². The number of hydrogen-bond acceptors (Lipinski definition) is 7. The molecule has 0 radical (unpaired) electrons. The molecule has 5 rings (SSSR count). The van der Waals surface area contributed by atoms with Crippen LogP contribution in [0.2, 0.25) is 0 Å². The molecule has 1 aromatic carbocycles. The zero-order valence-electron chi connectivity index (χ0n) is 15.2. The quantitative estimate of drug-likeness (QED) is 0.516. The summed E-state index contributed by atoms with van der Waals surface area (Å²) in [6.45, 7) is 3.06. The van der Waals surface area contributed by atoms with Crippen molar-refractivity contribution in [2.24, 2.45) is 0 Å². The second kappa shape index (κ2) is 7.44. The smallest absolute Gasteiger partial charge is 0.223 e. The number of amides is 1. The van der Waals surface area contributed by atoms with E-state index in [9.17, 15) is 4.79 Å². The van der Waals surface area contributed by atoms with Gasteiger partial charge in [-0.2, -0.15) is 0 Å². The van der Waals surface area contributed by atoms with Gasteiger partial charge in [0.15, 0.2) is 0 Å². The van der Waals surface area contributed by atoms with E-state index in [1.807, 2.05) is 28.5 Å². The van der Waals surface area contributed by atoms with Crippen LogP contribution in [0.5, 0.6) is 0 Å². The Morgan fingerprint density at radius 2 is 1.93 bits per heavy atom. The molecule has 8 heteroatoms. The van der Waals surface area contributed by atoms with E-state index in [4.69, 9.17) is 0 Å². The molecule has 3 aromatic heterocycles. The van der Waals surface area contributed by atoms with E-state index in [0.29, 0.717) is 12.8 Å². The maximum Gasteiger partial charge on any atom is 0.223 e. The minimum Gasteiger partial charge on any atom is -0.352 e. The molecule has 1 amide bonds. The molecule has 0 bridgehead atoms. The number of benzene rings is 1.